The van der Waals surface area contributed by atoms with E-state index in [2.05, 4.69) is 32.6 Å². The van der Waals surface area contributed by atoms with Gasteiger partial charge < -0.3 is 19.9 Å². The third-order valence-corrected chi connectivity index (χ3v) is 5.93. The summed E-state index contributed by atoms with van der Waals surface area (Å²) in [5.41, 5.74) is 6.26. The summed E-state index contributed by atoms with van der Waals surface area (Å²) in [6.07, 6.45) is 1.96. The highest BCUT2D eigenvalue weighted by atomic mass is 28.4. The Morgan fingerprint density at radius 1 is 1.18 bits per heavy atom. The maximum Gasteiger partial charge on any atom is 0.334 e. The molecule has 1 unspecified atom stereocenters. The molecule has 3 N–H and O–H groups in total. The number of rotatable bonds is 8. The predicted octanol–water partition coefficient (Wildman–Crippen LogP) is 1.85. The van der Waals surface area contributed by atoms with Gasteiger partial charge in [0.05, 0.1) is 0 Å². The van der Waals surface area contributed by atoms with Crippen molar-refractivity contribution in [1.29, 1.82) is 0 Å². The van der Waals surface area contributed by atoms with Crippen molar-refractivity contribution in [2.75, 3.05) is 20.8 Å². The molecular formula is C12H30N2O2Si. The molecule has 0 aliphatic rings. The summed E-state index contributed by atoms with van der Waals surface area (Å²) in [6, 6.07) is 1.18. The summed E-state index contributed by atoms with van der Waals surface area (Å²) in [5.74, 6) is 0. The van der Waals surface area contributed by atoms with Gasteiger partial charge in [-0.15, -0.1) is 0 Å². The first kappa shape index (κ1) is 17.1. The average molecular weight is 262 g/mol. The van der Waals surface area contributed by atoms with Gasteiger partial charge in [0.15, 0.2) is 0 Å². The van der Waals surface area contributed by atoms with Crippen LogP contribution in [0.5, 0.6) is 0 Å². The molecule has 0 fully saturated rings. The normalized spacial score (nSPS) is 15.0. The Balaban J connectivity index is 3.76. The minimum absolute atomic E-state index is 0.169. The molecular weight excluding hydrogens is 232 g/mol. The summed E-state index contributed by atoms with van der Waals surface area (Å²) >= 11 is 0. The Hall–Kier alpha value is 0.0569. The lowest BCUT2D eigenvalue weighted by Crippen LogP contribution is -2.40. The van der Waals surface area contributed by atoms with E-state index in [0.29, 0.717) is 0 Å². The van der Waals surface area contributed by atoms with Crippen LogP contribution in [0.25, 0.3) is 0 Å². The van der Waals surface area contributed by atoms with Gasteiger partial charge >= 0.3 is 8.56 Å². The smallest absolute Gasteiger partial charge is 0.334 e. The van der Waals surface area contributed by atoms with Crippen LogP contribution in [0, 0.1) is 0 Å². The summed E-state index contributed by atoms with van der Waals surface area (Å²) in [5, 5.41) is 3.45. The van der Waals surface area contributed by atoms with E-state index in [1.807, 2.05) is 0 Å². The van der Waals surface area contributed by atoms with Crippen molar-refractivity contribution in [3.05, 3.63) is 0 Å². The van der Waals surface area contributed by atoms with E-state index in [0.717, 1.165) is 25.4 Å². The Labute approximate surface area is 107 Å². The van der Waals surface area contributed by atoms with Crippen LogP contribution in [0.1, 0.15) is 33.6 Å². The molecule has 0 radical (unpaired) electrons. The zero-order valence-electron chi connectivity index (χ0n) is 12.3. The second-order valence-corrected chi connectivity index (χ2v) is 9.39. The maximum atomic E-state index is 6.09. The van der Waals surface area contributed by atoms with Gasteiger partial charge in [-0.25, -0.2) is 0 Å². The average Bonchev–Trinajstić information content (AvgIpc) is 2.24. The van der Waals surface area contributed by atoms with Crippen LogP contribution in [0.4, 0.5) is 0 Å². The monoisotopic (exact) mass is 262 g/mol. The van der Waals surface area contributed by atoms with E-state index >= 15 is 0 Å². The van der Waals surface area contributed by atoms with E-state index in [4.69, 9.17) is 14.6 Å². The van der Waals surface area contributed by atoms with Crippen LogP contribution >= 0.6 is 0 Å². The summed E-state index contributed by atoms with van der Waals surface area (Å²) in [4.78, 5) is 0. The van der Waals surface area contributed by atoms with E-state index in [1.54, 1.807) is 14.2 Å². The molecule has 0 rings (SSSR count). The van der Waals surface area contributed by atoms with Gasteiger partial charge in [-0.3, -0.25) is 0 Å². The Morgan fingerprint density at radius 3 is 2.12 bits per heavy atom. The molecule has 0 aromatic rings. The van der Waals surface area contributed by atoms with E-state index < -0.39 is 8.56 Å². The zero-order valence-corrected chi connectivity index (χ0v) is 13.3. The van der Waals surface area contributed by atoms with E-state index in [1.165, 1.54) is 0 Å². The molecule has 0 aromatic heterocycles. The van der Waals surface area contributed by atoms with Gasteiger partial charge in [-0.2, -0.15) is 0 Å². The molecule has 0 saturated carbocycles. The fourth-order valence-corrected chi connectivity index (χ4v) is 2.98. The number of nitrogens with two attached hydrogens (primary N) is 1. The predicted molar refractivity (Wildman–Crippen MR) is 75.4 cm³/mol. The number of hydrogen-bond acceptors (Lipinski definition) is 4. The van der Waals surface area contributed by atoms with Crippen molar-refractivity contribution < 1.29 is 8.85 Å². The van der Waals surface area contributed by atoms with Gasteiger partial charge in [-0.05, 0) is 52.7 Å². The molecule has 0 heterocycles. The molecule has 0 aliphatic carbocycles. The fraction of sp³-hybridized carbons (Fsp3) is 1.00. The van der Waals surface area contributed by atoms with Gasteiger partial charge in [-0.1, -0.05) is 0 Å². The number of nitrogens with one attached hydrogen (secondary N) is 1. The highest BCUT2D eigenvalue weighted by Crippen LogP contribution is 2.15. The van der Waals surface area contributed by atoms with Crippen LogP contribution in [-0.4, -0.2) is 40.9 Å². The number of hydrogen-bond donors (Lipinski definition) is 2. The molecule has 0 bridgehead atoms. The zero-order chi connectivity index (χ0) is 13.5. The summed E-state index contributed by atoms with van der Waals surface area (Å²) in [6.45, 7) is 9.53. The van der Waals surface area contributed by atoms with Crippen LogP contribution in [0.2, 0.25) is 12.6 Å². The minimum atomic E-state index is -1.94. The lowest BCUT2D eigenvalue weighted by molar-refractivity contribution is 0.247. The summed E-state index contributed by atoms with van der Waals surface area (Å²) < 4.78 is 10.9. The van der Waals surface area contributed by atoms with Crippen molar-refractivity contribution in [2.45, 2.75) is 57.8 Å². The Bertz CT molecular complexity index is 203. The molecule has 0 saturated heterocycles. The first-order chi connectivity index (χ1) is 7.72. The van der Waals surface area contributed by atoms with Gasteiger partial charge in [0.25, 0.3) is 0 Å². The third-order valence-electron chi connectivity index (χ3n) is 3.00. The fourth-order valence-electron chi connectivity index (χ4n) is 1.51. The second kappa shape index (κ2) is 7.48. The van der Waals surface area contributed by atoms with Crippen LogP contribution in [0.15, 0.2) is 0 Å². The minimum Gasteiger partial charge on any atom is -0.398 e. The molecule has 0 aromatic carbocycles. The van der Waals surface area contributed by atoms with Gasteiger partial charge in [0.1, 0.15) is 0 Å². The molecule has 4 nitrogen and oxygen atoms in total. The van der Waals surface area contributed by atoms with Crippen molar-refractivity contribution >= 4 is 8.56 Å². The largest absolute Gasteiger partial charge is 0.398 e. The van der Waals surface area contributed by atoms with Crippen LogP contribution in [-0.2, 0) is 8.85 Å². The molecule has 5 heteroatoms. The quantitative estimate of drug-likeness (QED) is 0.656. The van der Waals surface area contributed by atoms with Gasteiger partial charge in [0, 0.05) is 25.8 Å². The van der Waals surface area contributed by atoms with Crippen LogP contribution in [0.3, 0.4) is 0 Å². The van der Waals surface area contributed by atoms with E-state index in [-0.39, 0.29) is 11.6 Å². The SMILES string of the molecule is CO[Si](C)(CCC(N)CCNC(C)(C)C)OC. The first-order valence-electron chi connectivity index (χ1n) is 6.33. The first-order valence-corrected chi connectivity index (χ1v) is 8.86. The lowest BCUT2D eigenvalue weighted by Gasteiger charge is -2.25. The maximum absolute atomic E-state index is 6.09. The highest BCUT2D eigenvalue weighted by Gasteiger charge is 2.28. The molecule has 0 amide bonds. The standard InChI is InChI=1S/C12H30N2O2Si/c1-12(2,3)14-9-7-11(13)8-10-17(6,15-4)16-5/h11,14H,7-10,13H2,1-6H3. The van der Waals surface area contributed by atoms with Crippen molar-refractivity contribution in [1.82, 2.24) is 5.32 Å². The molecule has 0 spiro atoms. The third kappa shape index (κ3) is 8.74. The summed E-state index contributed by atoms with van der Waals surface area (Å²) in [7, 11) is 1.51. The molecule has 0 aliphatic heterocycles. The Morgan fingerprint density at radius 2 is 1.71 bits per heavy atom. The molecule has 104 valence electrons. The van der Waals surface area contributed by atoms with E-state index in [9.17, 15) is 0 Å². The Kier molecular flexibility index (Phi) is 7.51. The molecule has 1 atom stereocenters. The molecule has 17 heavy (non-hydrogen) atoms. The topological polar surface area (TPSA) is 56.5 Å². The van der Waals surface area contributed by atoms with Crippen molar-refractivity contribution in [3.63, 3.8) is 0 Å². The van der Waals surface area contributed by atoms with Crippen LogP contribution < -0.4 is 11.1 Å². The highest BCUT2D eigenvalue weighted by molar-refractivity contribution is 6.65. The lowest BCUT2D eigenvalue weighted by atomic mass is 10.1. The second-order valence-electron chi connectivity index (χ2n) is 5.81. The van der Waals surface area contributed by atoms with Crippen molar-refractivity contribution in [3.8, 4) is 0 Å². The van der Waals surface area contributed by atoms with Gasteiger partial charge in [0.2, 0.25) is 0 Å². The van der Waals surface area contributed by atoms with Crippen molar-refractivity contribution in [2.24, 2.45) is 5.73 Å².